The molecular formula is C11H6FN3S. The van der Waals surface area contributed by atoms with Crippen LogP contribution in [0.3, 0.4) is 0 Å². The summed E-state index contributed by atoms with van der Waals surface area (Å²) in [6.45, 7) is 0. The van der Waals surface area contributed by atoms with Crippen molar-refractivity contribution in [3.8, 4) is 17.3 Å². The number of benzene rings is 1. The van der Waals surface area contributed by atoms with Gasteiger partial charge in [0.1, 0.15) is 10.5 Å². The number of hydrogen-bond acceptors (Lipinski definition) is 3. The second kappa shape index (κ2) is 4.21. The van der Waals surface area contributed by atoms with Crippen molar-refractivity contribution in [2.24, 2.45) is 0 Å². The zero-order chi connectivity index (χ0) is 11.5. The first-order valence-corrected chi connectivity index (χ1v) is 4.86. The number of nitrogens with zero attached hydrogens (tertiary/aromatic N) is 2. The van der Waals surface area contributed by atoms with Crippen molar-refractivity contribution in [3.05, 3.63) is 46.4 Å². The molecule has 0 saturated carbocycles. The lowest BCUT2D eigenvalue weighted by atomic mass is 10.1. The smallest absolute Gasteiger partial charge is 0.125 e. The maximum absolute atomic E-state index is 13.2. The van der Waals surface area contributed by atoms with Crippen LogP contribution in [0.1, 0.15) is 5.56 Å². The Hall–Kier alpha value is -2.06. The Bertz CT molecular complexity index is 607. The topological polar surface area (TPSA) is 52.5 Å². The average Bonchev–Trinajstić information content (AvgIpc) is 2.29. The zero-order valence-electron chi connectivity index (χ0n) is 8.07. The highest BCUT2D eigenvalue weighted by Crippen LogP contribution is 2.18. The number of nitrogens with one attached hydrogen (secondary N) is 1. The molecule has 78 valence electrons. The Morgan fingerprint density at radius 3 is 2.75 bits per heavy atom. The summed E-state index contributed by atoms with van der Waals surface area (Å²) in [5.41, 5.74) is 1.35. The van der Waals surface area contributed by atoms with Crippen molar-refractivity contribution in [1.82, 2.24) is 10.2 Å². The van der Waals surface area contributed by atoms with Gasteiger partial charge in [-0.15, -0.1) is 0 Å². The predicted octanol–water partition coefficient (Wildman–Crippen LogP) is 2.82. The Balaban J connectivity index is 2.56. The Morgan fingerprint density at radius 2 is 2.12 bits per heavy atom. The van der Waals surface area contributed by atoms with E-state index in [1.165, 1.54) is 12.1 Å². The SMILES string of the molecule is N#Cc1cc(F)cc(-c2ccc(=S)[nH]n2)c1. The molecule has 16 heavy (non-hydrogen) atoms. The van der Waals surface area contributed by atoms with E-state index in [-0.39, 0.29) is 5.56 Å². The third-order valence-corrected chi connectivity index (χ3v) is 2.23. The quantitative estimate of drug-likeness (QED) is 0.768. The van der Waals surface area contributed by atoms with E-state index < -0.39 is 5.82 Å². The van der Waals surface area contributed by atoms with Crippen molar-refractivity contribution in [3.63, 3.8) is 0 Å². The molecule has 5 heteroatoms. The lowest BCUT2D eigenvalue weighted by Gasteiger charge is -2.00. The molecule has 1 aromatic carbocycles. The minimum absolute atomic E-state index is 0.263. The van der Waals surface area contributed by atoms with E-state index in [9.17, 15) is 4.39 Å². The fraction of sp³-hybridized carbons (Fsp3) is 0. The van der Waals surface area contributed by atoms with Crippen molar-refractivity contribution < 1.29 is 4.39 Å². The molecule has 2 rings (SSSR count). The molecule has 0 bridgehead atoms. The van der Waals surface area contributed by atoms with Crippen molar-refractivity contribution in [1.29, 1.82) is 5.26 Å². The molecule has 1 heterocycles. The lowest BCUT2D eigenvalue weighted by molar-refractivity contribution is 0.627. The van der Waals surface area contributed by atoms with E-state index in [1.54, 1.807) is 18.2 Å². The van der Waals surface area contributed by atoms with Crippen LogP contribution in [0.2, 0.25) is 0 Å². The molecular weight excluding hydrogens is 225 g/mol. The van der Waals surface area contributed by atoms with E-state index in [4.69, 9.17) is 17.5 Å². The minimum atomic E-state index is -0.460. The second-order valence-electron chi connectivity index (χ2n) is 3.15. The van der Waals surface area contributed by atoms with Gasteiger partial charge >= 0.3 is 0 Å². The fourth-order valence-corrected chi connectivity index (χ4v) is 1.42. The van der Waals surface area contributed by atoms with Crippen molar-refractivity contribution in [2.75, 3.05) is 0 Å². The summed E-state index contributed by atoms with van der Waals surface area (Å²) >= 11 is 4.85. The molecule has 0 unspecified atom stereocenters. The standard InChI is InChI=1S/C11H6FN3S/c12-9-4-7(6-13)3-8(5-9)10-1-2-11(16)15-14-10/h1-5H,(H,15,16). The summed E-state index contributed by atoms with van der Waals surface area (Å²) in [5, 5.41) is 15.3. The number of halogens is 1. The highest BCUT2D eigenvalue weighted by Gasteiger charge is 2.03. The minimum Gasteiger partial charge on any atom is -0.267 e. The molecule has 0 aliphatic rings. The summed E-state index contributed by atoms with van der Waals surface area (Å²) < 4.78 is 13.7. The van der Waals surface area contributed by atoms with Crippen LogP contribution in [0.25, 0.3) is 11.3 Å². The molecule has 0 fully saturated rings. The summed E-state index contributed by atoms with van der Waals surface area (Å²) in [4.78, 5) is 0. The van der Waals surface area contributed by atoms with Crippen molar-refractivity contribution >= 4 is 12.2 Å². The van der Waals surface area contributed by atoms with Gasteiger partial charge < -0.3 is 0 Å². The van der Waals surface area contributed by atoms with Gasteiger partial charge in [0.15, 0.2) is 0 Å². The highest BCUT2D eigenvalue weighted by atomic mass is 32.1. The number of nitriles is 1. The maximum Gasteiger partial charge on any atom is 0.125 e. The zero-order valence-corrected chi connectivity index (χ0v) is 8.88. The Labute approximate surface area is 96.2 Å². The first-order valence-electron chi connectivity index (χ1n) is 4.46. The third kappa shape index (κ3) is 2.12. The van der Waals surface area contributed by atoms with Gasteiger partial charge in [-0.25, -0.2) is 4.39 Å². The summed E-state index contributed by atoms with van der Waals surface area (Å²) in [6, 6.07) is 9.29. The highest BCUT2D eigenvalue weighted by molar-refractivity contribution is 7.71. The van der Waals surface area contributed by atoms with E-state index in [0.29, 0.717) is 15.9 Å². The second-order valence-corrected chi connectivity index (χ2v) is 3.59. The normalized spacial score (nSPS) is 9.75. The van der Waals surface area contributed by atoms with Gasteiger partial charge in [0.2, 0.25) is 0 Å². The van der Waals surface area contributed by atoms with E-state index in [2.05, 4.69) is 10.2 Å². The molecule has 0 saturated heterocycles. The lowest BCUT2D eigenvalue weighted by Crippen LogP contribution is -1.89. The molecule has 0 radical (unpaired) electrons. The predicted molar refractivity (Wildman–Crippen MR) is 59.5 cm³/mol. The molecule has 0 aliphatic carbocycles. The molecule has 0 atom stereocenters. The van der Waals surface area contributed by atoms with Crippen LogP contribution < -0.4 is 0 Å². The van der Waals surface area contributed by atoms with Gasteiger partial charge in [0, 0.05) is 5.56 Å². The molecule has 1 aromatic heterocycles. The number of H-pyrrole nitrogens is 1. The van der Waals surface area contributed by atoms with Crippen LogP contribution in [0.5, 0.6) is 0 Å². The molecule has 0 amide bonds. The van der Waals surface area contributed by atoms with Crippen LogP contribution in [0, 0.1) is 21.8 Å². The Morgan fingerprint density at radius 1 is 1.31 bits per heavy atom. The fourth-order valence-electron chi connectivity index (χ4n) is 1.31. The van der Waals surface area contributed by atoms with Gasteiger partial charge in [-0.3, -0.25) is 5.10 Å². The summed E-state index contributed by atoms with van der Waals surface area (Å²) in [5.74, 6) is -0.460. The Kier molecular flexibility index (Phi) is 2.75. The van der Waals surface area contributed by atoms with E-state index in [1.807, 2.05) is 6.07 Å². The molecule has 3 nitrogen and oxygen atoms in total. The van der Waals surface area contributed by atoms with E-state index >= 15 is 0 Å². The van der Waals surface area contributed by atoms with Crippen molar-refractivity contribution in [2.45, 2.75) is 0 Å². The summed E-state index contributed by atoms with van der Waals surface area (Å²) in [7, 11) is 0. The third-order valence-electron chi connectivity index (χ3n) is 2.00. The van der Waals surface area contributed by atoms with Crippen LogP contribution in [0.4, 0.5) is 4.39 Å². The number of hydrogen-bond donors (Lipinski definition) is 1. The summed E-state index contributed by atoms with van der Waals surface area (Å²) in [6.07, 6.45) is 0. The molecule has 1 N–H and O–H groups in total. The number of rotatable bonds is 1. The number of aromatic nitrogens is 2. The molecule has 2 aromatic rings. The van der Waals surface area contributed by atoms with Gasteiger partial charge in [-0.1, -0.05) is 12.2 Å². The molecule has 0 aliphatic heterocycles. The van der Waals surface area contributed by atoms with Gasteiger partial charge in [-0.2, -0.15) is 10.4 Å². The van der Waals surface area contributed by atoms with Crippen LogP contribution in [-0.2, 0) is 0 Å². The average molecular weight is 231 g/mol. The first kappa shape index (κ1) is 10.5. The van der Waals surface area contributed by atoms with Gasteiger partial charge in [-0.05, 0) is 30.3 Å². The monoisotopic (exact) mass is 231 g/mol. The van der Waals surface area contributed by atoms with Crippen LogP contribution in [0.15, 0.2) is 30.3 Å². The molecule has 0 spiro atoms. The van der Waals surface area contributed by atoms with Gasteiger partial charge in [0.05, 0.1) is 17.3 Å². The largest absolute Gasteiger partial charge is 0.267 e. The number of aromatic amines is 1. The van der Waals surface area contributed by atoms with Crippen LogP contribution in [-0.4, -0.2) is 10.2 Å². The maximum atomic E-state index is 13.2. The van der Waals surface area contributed by atoms with E-state index in [0.717, 1.165) is 0 Å². The first-order chi connectivity index (χ1) is 7.69. The van der Waals surface area contributed by atoms with Crippen LogP contribution >= 0.6 is 12.2 Å². The van der Waals surface area contributed by atoms with Gasteiger partial charge in [0.25, 0.3) is 0 Å².